The number of rotatable bonds is 4. The van der Waals surface area contributed by atoms with Crippen LogP contribution in [0.25, 0.3) is 0 Å². The number of hydrogen-bond acceptors (Lipinski definition) is 5. The molecule has 0 saturated carbocycles. The zero-order chi connectivity index (χ0) is 20.6. The fourth-order valence-corrected chi connectivity index (χ4v) is 4.78. The average Bonchev–Trinajstić information content (AvgIpc) is 2.74. The lowest BCUT2D eigenvalue weighted by Gasteiger charge is -2.29. The highest BCUT2D eigenvalue weighted by molar-refractivity contribution is 7.96. The quantitative estimate of drug-likeness (QED) is 0.591. The Bertz CT molecular complexity index is 1210. The number of fused-ring (bicyclic) bond motifs is 1. The number of benzene rings is 3. The Labute approximate surface area is 169 Å². The summed E-state index contributed by atoms with van der Waals surface area (Å²) < 4.78 is 31.6. The number of allylic oxidation sites excluding steroid dienone is 1. The molecule has 0 amide bonds. The van der Waals surface area contributed by atoms with Crippen LogP contribution < -0.4 is 9.64 Å². The molecule has 0 fully saturated rings. The van der Waals surface area contributed by atoms with Crippen LogP contribution in [0.2, 0.25) is 0 Å². The molecule has 0 atom stereocenters. The van der Waals surface area contributed by atoms with E-state index in [2.05, 4.69) is 0 Å². The molecule has 0 saturated heterocycles. The summed E-state index contributed by atoms with van der Waals surface area (Å²) in [6, 6.07) is 20.8. The van der Waals surface area contributed by atoms with Gasteiger partial charge in [-0.3, -0.25) is 4.79 Å². The minimum atomic E-state index is -3.96. The van der Waals surface area contributed by atoms with Gasteiger partial charge in [0.2, 0.25) is 15.6 Å². The molecule has 146 valence electrons. The molecule has 1 aliphatic rings. The number of Topliss-reactive ketones (excluding diaryl/α,β-unsaturated/α-hetero) is 1. The van der Waals surface area contributed by atoms with Gasteiger partial charge in [0.05, 0.1) is 17.7 Å². The van der Waals surface area contributed by atoms with Crippen LogP contribution in [0.3, 0.4) is 0 Å². The van der Waals surface area contributed by atoms with E-state index in [1.807, 2.05) is 31.2 Å². The van der Waals surface area contributed by atoms with Gasteiger partial charge < -0.3 is 9.64 Å². The Morgan fingerprint density at radius 3 is 2.21 bits per heavy atom. The largest absolute Gasteiger partial charge is 0.497 e. The molecule has 1 heterocycles. The summed E-state index contributed by atoms with van der Waals surface area (Å²) in [4.78, 5) is 14.7. The summed E-state index contributed by atoms with van der Waals surface area (Å²) in [5.74, 6) is 0.0351. The number of ether oxygens (including phenoxy) is 1. The molecule has 0 aromatic heterocycles. The first-order chi connectivity index (χ1) is 13.9. The Hall–Kier alpha value is -3.38. The van der Waals surface area contributed by atoms with Gasteiger partial charge in [-0.05, 0) is 55.5 Å². The van der Waals surface area contributed by atoms with Gasteiger partial charge in [0.1, 0.15) is 10.7 Å². The fraction of sp³-hybridized carbons (Fsp3) is 0.0870. The highest BCUT2D eigenvalue weighted by Gasteiger charge is 2.35. The number of methoxy groups -OCH3 is 1. The van der Waals surface area contributed by atoms with Crippen molar-refractivity contribution < 1.29 is 17.9 Å². The highest BCUT2D eigenvalue weighted by Crippen LogP contribution is 2.40. The minimum Gasteiger partial charge on any atom is -0.497 e. The first-order valence-corrected chi connectivity index (χ1v) is 10.5. The zero-order valence-corrected chi connectivity index (χ0v) is 16.8. The summed E-state index contributed by atoms with van der Waals surface area (Å²) in [6.45, 7) is 1.98. The molecule has 1 aliphatic heterocycles. The van der Waals surface area contributed by atoms with Crippen molar-refractivity contribution in [3.05, 3.63) is 95.0 Å². The predicted molar refractivity (Wildman–Crippen MR) is 112 cm³/mol. The summed E-state index contributed by atoms with van der Waals surface area (Å²) >= 11 is 0. The maximum absolute atomic E-state index is 13.2. The monoisotopic (exact) mass is 405 g/mol. The smallest absolute Gasteiger partial charge is 0.214 e. The number of para-hydroxylation sites is 1. The highest BCUT2D eigenvalue weighted by atomic mass is 32.2. The Morgan fingerprint density at radius 2 is 1.55 bits per heavy atom. The van der Waals surface area contributed by atoms with Gasteiger partial charge in [-0.1, -0.05) is 29.8 Å². The van der Waals surface area contributed by atoms with E-state index in [4.69, 9.17) is 4.74 Å². The Morgan fingerprint density at radius 1 is 0.897 bits per heavy atom. The van der Waals surface area contributed by atoms with E-state index in [0.717, 1.165) is 11.3 Å². The van der Waals surface area contributed by atoms with Crippen LogP contribution in [0.1, 0.15) is 15.9 Å². The molecule has 6 heteroatoms. The van der Waals surface area contributed by atoms with Gasteiger partial charge in [-0.15, -0.1) is 0 Å². The molecule has 0 aliphatic carbocycles. The van der Waals surface area contributed by atoms with Crippen molar-refractivity contribution in [2.24, 2.45) is 0 Å². The second kappa shape index (κ2) is 7.22. The van der Waals surface area contributed by atoms with Crippen LogP contribution in [0.5, 0.6) is 5.75 Å². The minimum absolute atomic E-state index is 0.111. The lowest BCUT2D eigenvalue weighted by molar-refractivity contribution is 0.104. The summed E-state index contributed by atoms with van der Waals surface area (Å²) in [7, 11) is -2.43. The normalized spacial score (nSPS) is 14.7. The SMILES string of the molecule is COc1ccc(C(=O)C2=CN(c3ccc(C)cc3)c3ccccc3S2(=O)=O)cc1. The van der Waals surface area contributed by atoms with Gasteiger partial charge >= 0.3 is 0 Å². The molecule has 3 aromatic carbocycles. The van der Waals surface area contributed by atoms with Gasteiger partial charge in [0.15, 0.2) is 0 Å². The van der Waals surface area contributed by atoms with Crippen molar-refractivity contribution in [3.63, 3.8) is 0 Å². The van der Waals surface area contributed by atoms with Crippen molar-refractivity contribution >= 4 is 27.0 Å². The zero-order valence-electron chi connectivity index (χ0n) is 16.0. The molecule has 0 N–H and O–H groups in total. The topological polar surface area (TPSA) is 63.7 Å². The fourth-order valence-electron chi connectivity index (χ4n) is 3.24. The first kappa shape index (κ1) is 19.0. The van der Waals surface area contributed by atoms with Crippen molar-refractivity contribution in [1.82, 2.24) is 0 Å². The maximum Gasteiger partial charge on any atom is 0.214 e. The molecule has 0 unspecified atom stereocenters. The molecular weight excluding hydrogens is 386 g/mol. The molecule has 0 radical (unpaired) electrons. The van der Waals surface area contributed by atoms with E-state index >= 15 is 0 Å². The summed E-state index contributed by atoms with van der Waals surface area (Å²) in [5.41, 5.74) is 2.66. The first-order valence-electron chi connectivity index (χ1n) is 9.02. The second-order valence-corrected chi connectivity index (χ2v) is 8.61. The lowest BCUT2D eigenvalue weighted by Crippen LogP contribution is -2.25. The van der Waals surface area contributed by atoms with Crippen molar-refractivity contribution in [3.8, 4) is 5.75 Å². The van der Waals surface area contributed by atoms with Gasteiger partial charge in [-0.25, -0.2) is 8.42 Å². The van der Waals surface area contributed by atoms with Gasteiger partial charge in [0, 0.05) is 17.5 Å². The molecule has 3 aromatic rings. The number of hydrogen-bond donors (Lipinski definition) is 0. The van der Waals surface area contributed by atoms with Crippen LogP contribution >= 0.6 is 0 Å². The lowest BCUT2D eigenvalue weighted by atomic mass is 10.1. The van der Waals surface area contributed by atoms with E-state index in [0.29, 0.717) is 11.4 Å². The third-order valence-electron chi connectivity index (χ3n) is 4.84. The number of nitrogens with zero attached hydrogens (tertiary/aromatic N) is 1. The van der Waals surface area contributed by atoms with Crippen LogP contribution in [-0.4, -0.2) is 21.3 Å². The molecule has 4 rings (SSSR count). The van der Waals surface area contributed by atoms with Gasteiger partial charge in [-0.2, -0.15) is 0 Å². The Kier molecular flexibility index (Phi) is 4.72. The van der Waals surface area contributed by atoms with Crippen LogP contribution in [0.4, 0.5) is 11.4 Å². The van der Waals surface area contributed by atoms with Crippen molar-refractivity contribution in [2.75, 3.05) is 12.0 Å². The number of anilines is 2. The number of sulfone groups is 1. The standard InChI is InChI=1S/C23H19NO4S/c1-16-7-11-18(12-8-16)24-15-22(23(25)17-9-13-19(28-2)14-10-17)29(26,27)21-6-4-3-5-20(21)24/h3-15H,1-2H3. The second-order valence-electron chi connectivity index (χ2n) is 6.73. The van der Waals surface area contributed by atoms with Crippen LogP contribution in [0, 0.1) is 6.92 Å². The number of carbonyl (C=O) groups is 1. The van der Waals surface area contributed by atoms with Crippen molar-refractivity contribution in [2.45, 2.75) is 11.8 Å². The van der Waals surface area contributed by atoms with Crippen molar-refractivity contribution in [1.29, 1.82) is 0 Å². The third kappa shape index (κ3) is 3.32. The molecular formula is C23H19NO4S. The van der Waals surface area contributed by atoms with E-state index < -0.39 is 15.6 Å². The third-order valence-corrected chi connectivity index (χ3v) is 6.63. The summed E-state index contributed by atoms with van der Waals surface area (Å²) in [5, 5.41) is 0. The van der Waals surface area contributed by atoms with E-state index in [1.54, 1.807) is 47.4 Å². The molecule has 5 nitrogen and oxygen atoms in total. The van der Waals surface area contributed by atoms with E-state index in [-0.39, 0.29) is 15.4 Å². The van der Waals surface area contributed by atoms with E-state index in [9.17, 15) is 13.2 Å². The molecule has 0 bridgehead atoms. The maximum atomic E-state index is 13.2. The summed E-state index contributed by atoms with van der Waals surface area (Å²) in [6.07, 6.45) is 1.41. The number of aryl methyl sites for hydroxylation is 1. The average molecular weight is 405 g/mol. The van der Waals surface area contributed by atoms with E-state index in [1.165, 1.54) is 19.4 Å². The molecule has 29 heavy (non-hydrogen) atoms. The van der Waals surface area contributed by atoms with Crippen LogP contribution in [0.15, 0.2) is 88.8 Å². The number of ketones is 1. The predicted octanol–water partition coefficient (Wildman–Crippen LogP) is 4.65. The molecule has 0 spiro atoms. The Balaban J connectivity index is 1.87. The number of carbonyl (C=O) groups excluding carboxylic acids is 1. The van der Waals surface area contributed by atoms with Crippen LogP contribution in [-0.2, 0) is 9.84 Å². The van der Waals surface area contributed by atoms with Gasteiger partial charge in [0.25, 0.3) is 0 Å².